The zero-order valence-corrected chi connectivity index (χ0v) is 18.3. The summed E-state index contributed by atoms with van der Waals surface area (Å²) in [6.07, 6.45) is 5.74. The van der Waals surface area contributed by atoms with Crippen molar-refractivity contribution in [3.8, 4) is 5.75 Å². The monoisotopic (exact) mass is 455 g/mol. The number of nitrogens with one attached hydrogen (secondary N) is 3. The molecule has 3 aromatic rings. The first-order chi connectivity index (χ1) is 15.5. The van der Waals surface area contributed by atoms with Crippen LogP contribution in [0.1, 0.15) is 32.1 Å². The minimum absolute atomic E-state index is 0.0825. The molecule has 1 aliphatic carbocycles. The fraction of sp³-hybridized carbons (Fsp3) is 0.364. The molecule has 0 radical (unpaired) electrons. The van der Waals surface area contributed by atoms with E-state index in [1.807, 2.05) is 0 Å². The predicted molar refractivity (Wildman–Crippen MR) is 121 cm³/mol. The zero-order valence-electron chi connectivity index (χ0n) is 17.5. The second-order valence-electron chi connectivity index (χ2n) is 8.22. The molecule has 0 bridgehead atoms. The van der Waals surface area contributed by atoms with Crippen LogP contribution in [0.25, 0.3) is 11.0 Å². The minimum atomic E-state index is -3.99. The molecule has 168 valence electrons. The van der Waals surface area contributed by atoms with Gasteiger partial charge >= 0.3 is 16.1 Å². The van der Waals surface area contributed by atoms with E-state index in [0.29, 0.717) is 23.0 Å². The van der Waals surface area contributed by atoms with Gasteiger partial charge < -0.3 is 19.4 Å². The van der Waals surface area contributed by atoms with Crippen molar-refractivity contribution in [3.63, 3.8) is 0 Å². The summed E-state index contributed by atoms with van der Waals surface area (Å²) < 4.78 is 30.8. The standard InChI is InChI=1S/C22H25N5O4S/c28-22(27-12-3-13-27)26-21-24-19-11-8-17(14-20(19)25-21)31-32(29,30)18-9-6-16(7-10-18)23-15-4-1-2-5-15/h6-11,14-15,23H,1-5,12-13H2,(H2,24,25,26,28). The van der Waals surface area contributed by atoms with Gasteiger partial charge in [0.2, 0.25) is 5.95 Å². The van der Waals surface area contributed by atoms with Crippen LogP contribution >= 0.6 is 0 Å². The van der Waals surface area contributed by atoms with Crippen LogP contribution in [0.4, 0.5) is 16.4 Å². The molecule has 5 rings (SSSR count). The molecule has 2 aliphatic rings. The Bertz CT molecular complexity index is 1230. The number of amides is 2. The van der Waals surface area contributed by atoms with Crippen LogP contribution in [0.5, 0.6) is 5.75 Å². The van der Waals surface area contributed by atoms with Gasteiger partial charge in [0.15, 0.2) is 0 Å². The topological polar surface area (TPSA) is 116 Å². The molecule has 2 aromatic carbocycles. The number of hydrogen-bond acceptors (Lipinski definition) is 6. The summed E-state index contributed by atoms with van der Waals surface area (Å²) in [5, 5.41) is 6.15. The maximum absolute atomic E-state index is 12.7. The summed E-state index contributed by atoms with van der Waals surface area (Å²) in [6, 6.07) is 11.6. The van der Waals surface area contributed by atoms with Gasteiger partial charge in [-0.25, -0.2) is 9.78 Å². The molecule has 1 aliphatic heterocycles. The summed E-state index contributed by atoms with van der Waals surface area (Å²) in [5.41, 5.74) is 2.06. The molecule has 0 atom stereocenters. The van der Waals surface area contributed by atoms with Gasteiger partial charge in [0.05, 0.1) is 11.0 Å². The number of hydrogen-bond donors (Lipinski definition) is 3. The van der Waals surface area contributed by atoms with Crippen molar-refractivity contribution in [2.75, 3.05) is 23.7 Å². The van der Waals surface area contributed by atoms with Crippen LogP contribution in [-0.4, -0.2) is 48.4 Å². The van der Waals surface area contributed by atoms with Crippen LogP contribution in [0, 0.1) is 0 Å². The third-order valence-electron chi connectivity index (χ3n) is 5.90. The lowest BCUT2D eigenvalue weighted by atomic mass is 10.2. The maximum atomic E-state index is 12.7. The third kappa shape index (κ3) is 4.36. The van der Waals surface area contributed by atoms with Crippen LogP contribution in [-0.2, 0) is 10.1 Å². The highest BCUT2D eigenvalue weighted by Crippen LogP contribution is 2.26. The summed E-state index contributed by atoms with van der Waals surface area (Å²) in [5.74, 6) is 0.458. The normalized spacial score (nSPS) is 16.7. The number of fused-ring (bicyclic) bond motifs is 1. The molecular formula is C22H25N5O4S. The van der Waals surface area contributed by atoms with Crippen molar-refractivity contribution >= 4 is 38.8 Å². The number of nitrogens with zero attached hydrogens (tertiary/aromatic N) is 2. The van der Waals surface area contributed by atoms with E-state index < -0.39 is 10.1 Å². The van der Waals surface area contributed by atoms with Crippen LogP contribution < -0.4 is 14.8 Å². The van der Waals surface area contributed by atoms with E-state index in [1.54, 1.807) is 41.3 Å². The van der Waals surface area contributed by atoms with Gasteiger partial charge in [0.1, 0.15) is 10.6 Å². The molecule has 9 nitrogen and oxygen atoms in total. The fourth-order valence-electron chi connectivity index (χ4n) is 3.99. The molecule has 10 heteroatoms. The lowest BCUT2D eigenvalue weighted by Crippen LogP contribution is -2.44. The van der Waals surface area contributed by atoms with Gasteiger partial charge in [-0.15, -0.1) is 0 Å². The molecule has 2 fully saturated rings. The number of carbonyl (C=O) groups excluding carboxylic acids is 1. The van der Waals surface area contributed by atoms with E-state index in [-0.39, 0.29) is 16.7 Å². The van der Waals surface area contributed by atoms with E-state index in [1.165, 1.54) is 18.9 Å². The lowest BCUT2D eigenvalue weighted by Gasteiger charge is -2.30. The molecule has 1 aromatic heterocycles. The second-order valence-corrected chi connectivity index (χ2v) is 9.77. The van der Waals surface area contributed by atoms with E-state index in [0.717, 1.165) is 38.0 Å². The highest BCUT2D eigenvalue weighted by atomic mass is 32.2. The highest BCUT2D eigenvalue weighted by molar-refractivity contribution is 7.87. The van der Waals surface area contributed by atoms with Crippen molar-refractivity contribution in [2.45, 2.75) is 43.0 Å². The predicted octanol–water partition coefficient (Wildman–Crippen LogP) is 3.92. The number of H-pyrrole nitrogens is 1. The van der Waals surface area contributed by atoms with E-state index >= 15 is 0 Å². The summed E-state index contributed by atoms with van der Waals surface area (Å²) in [4.78, 5) is 21.1. The molecular weight excluding hydrogens is 430 g/mol. The summed E-state index contributed by atoms with van der Waals surface area (Å²) in [6.45, 7) is 1.47. The number of benzene rings is 2. The number of imidazole rings is 1. The first kappa shape index (κ1) is 20.6. The summed E-state index contributed by atoms with van der Waals surface area (Å²) in [7, 11) is -3.99. The average Bonchev–Trinajstić information content (AvgIpc) is 3.35. The Morgan fingerprint density at radius 2 is 1.81 bits per heavy atom. The van der Waals surface area contributed by atoms with Crippen LogP contribution in [0.15, 0.2) is 47.4 Å². The quantitative estimate of drug-likeness (QED) is 0.485. The largest absolute Gasteiger partial charge is 0.382 e. The number of aromatic nitrogens is 2. The van der Waals surface area contributed by atoms with Gasteiger partial charge in [-0.05, 0) is 55.7 Å². The molecule has 2 amide bonds. The van der Waals surface area contributed by atoms with Crippen molar-refractivity contribution in [3.05, 3.63) is 42.5 Å². The average molecular weight is 456 g/mol. The first-order valence-electron chi connectivity index (χ1n) is 10.8. The molecule has 0 unspecified atom stereocenters. The van der Waals surface area contributed by atoms with Crippen molar-refractivity contribution < 1.29 is 17.4 Å². The lowest BCUT2D eigenvalue weighted by molar-refractivity contribution is 0.181. The summed E-state index contributed by atoms with van der Waals surface area (Å²) >= 11 is 0. The van der Waals surface area contributed by atoms with Crippen molar-refractivity contribution in [1.82, 2.24) is 14.9 Å². The van der Waals surface area contributed by atoms with Gasteiger partial charge in [-0.3, -0.25) is 5.32 Å². The van der Waals surface area contributed by atoms with E-state index in [9.17, 15) is 13.2 Å². The Morgan fingerprint density at radius 3 is 2.50 bits per heavy atom. The Kier molecular flexibility index (Phi) is 5.38. The third-order valence-corrected chi connectivity index (χ3v) is 7.16. The van der Waals surface area contributed by atoms with Crippen molar-refractivity contribution in [2.24, 2.45) is 0 Å². The van der Waals surface area contributed by atoms with Crippen molar-refractivity contribution in [1.29, 1.82) is 0 Å². The Morgan fingerprint density at radius 1 is 1.06 bits per heavy atom. The first-order valence-corrected chi connectivity index (χ1v) is 12.2. The molecule has 1 saturated heterocycles. The Labute approximate surface area is 186 Å². The molecule has 32 heavy (non-hydrogen) atoms. The number of aromatic amines is 1. The van der Waals surface area contributed by atoms with Gasteiger partial charge in [0.25, 0.3) is 0 Å². The molecule has 1 saturated carbocycles. The minimum Gasteiger partial charge on any atom is -0.382 e. The SMILES string of the molecule is O=C(Nc1nc2cc(OS(=O)(=O)c3ccc(NC4CCCC4)cc3)ccc2[nH]1)N1CCC1. The van der Waals surface area contributed by atoms with Crippen LogP contribution in [0.2, 0.25) is 0 Å². The fourth-order valence-corrected chi connectivity index (χ4v) is 4.92. The number of urea groups is 1. The number of likely N-dealkylation sites (tertiary alicyclic amines) is 1. The highest BCUT2D eigenvalue weighted by Gasteiger charge is 2.22. The van der Waals surface area contributed by atoms with Gasteiger partial charge in [-0.1, -0.05) is 12.8 Å². The molecule has 3 N–H and O–H groups in total. The van der Waals surface area contributed by atoms with E-state index in [2.05, 4.69) is 20.6 Å². The number of anilines is 2. The smallest absolute Gasteiger partial charge is 0.339 e. The Balaban J connectivity index is 1.27. The van der Waals surface area contributed by atoms with Crippen LogP contribution in [0.3, 0.4) is 0 Å². The van der Waals surface area contributed by atoms with Gasteiger partial charge in [-0.2, -0.15) is 8.42 Å². The Hall–Kier alpha value is -3.27. The van der Waals surface area contributed by atoms with Gasteiger partial charge in [0, 0.05) is 30.9 Å². The molecule has 0 spiro atoms. The number of rotatable bonds is 6. The number of carbonyl (C=O) groups is 1. The second kappa shape index (κ2) is 8.34. The molecule has 2 heterocycles. The maximum Gasteiger partial charge on any atom is 0.339 e. The zero-order chi connectivity index (χ0) is 22.1. The van der Waals surface area contributed by atoms with E-state index in [4.69, 9.17) is 4.18 Å².